The van der Waals surface area contributed by atoms with Crippen molar-refractivity contribution >= 4 is 0 Å². The second kappa shape index (κ2) is 34.0. The summed E-state index contributed by atoms with van der Waals surface area (Å²) in [5, 5.41) is 0. The molecule has 0 bridgehead atoms. The van der Waals surface area contributed by atoms with Gasteiger partial charge in [-0.1, -0.05) is 145 Å². The average Bonchev–Trinajstić information content (AvgIpc) is 3.27. The fourth-order valence-electron chi connectivity index (χ4n) is 6.29. The second-order valence-electron chi connectivity index (χ2n) is 13.7. The van der Waals surface area contributed by atoms with Gasteiger partial charge in [0.05, 0.1) is 0 Å². The van der Waals surface area contributed by atoms with Crippen molar-refractivity contribution in [3.63, 3.8) is 0 Å². The lowest BCUT2D eigenvalue weighted by Gasteiger charge is -2.28. The number of unbranched alkanes of at least 4 members (excludes halogenated alkanes) is 17. The van der Waals surface area contributed by atoms with Crippen molar-refractivity contribution in [1.29, 1.82) is 0 Å². The molecule has 2 nitrogen and oxygen atoms in total. The van der Waals surface area contributed by atoms with Crippen molar-refractivity contribution in [2.45, 2.75) is 180 Å². The molecule has 0 radical (unpaired) electrons. The Morgan fingerprint density at radius 1 is 0.444 bits per heavy atom. The third-order valence-electron chi connectivity index (χ3n) is 9.35. The zero-order valence-electron chi connectivity index (χ0n) is 30.8. The largest absolute Gasteiger partial charge is 0.305 e. The molecule has 0 amide bonds. The third-order valence-corrected chi connectivity index (χ3v) is 9.35. The van der Waals surface area contributed by atoms with Crippen molar-refractivity contribution in [2.24, 2.45) is 0 Å². The van der Waals surface area contributed by atoms with E-state index in [4.69, 9.17) is 0 Å². The van der Waals surface area contributed by atoms with Crippen LogP contribution in [-0.4, -0.2) is 49.1 Å². The molecule has 1 aliphatic heterocycles. The molecule has 0 aliphatic carbocycles. The minimum absolute atomic E-state index is 0.646. The van der Waals surface area contributed by atoms with Crippen LogP contribution in [0.3, 0.4) is 0 Å². The molecule has 1 atom stereocenters. The Morgan fingerprint density at radius 3 is 1.40 bits per heavy atom. The minimum Gasteiger partial charge on any atom is -0.305 e. The molecule has 260 valence electrons. The summed E-state index contributed by atoms with van der Waals surface area (Å²) in [4.78, 5) is 5.31. The van der Waals surface area contributed by atoms with E-state index in [1.807, 2.05) is 0 Å². The maximum absolute atomic E-state index is 2.79. The standard InChI is InChI=1S/C43H78N2/c1-4-6-8-10-12-14-16-18-20-22-24-26-28-30-32-34-37-43(45-40-36-39-44(3)41-42-45)38-35-33-31-29-27-25-23-21-19-17-15-13-11-9-7-5-2/h12-15,18-21,34,37,43H,4-11,16-17,22-33,35-36,38-42H2,1-3H3/b14-12-,15-13-,20-18-,21-19-,37-34+. The second-order valence-corrected chi connectivity index (χ2v) is 13.7. The third kappa shape index (κ3) is 28.6. The molecule has 0 saturated carbocycles. The quantitative estimate of drug-likeness (QED) is 0.0581. The molecule has 0 aromatic rings. The first-order chi connectivity index (χ1) is 22.3. The topological polar surface area (TPSA) is 6.48 Å². The van der Waals surface area contributed by atoms with Crippen molar-refractivity contribution in [3.8, 4) is 0 Å². The Bertz CT molecular complexity index is 745. The molecule has 1 heterocycles. The Kier molecular flexibility index (Phi) is 31.4. The molecule has 1 rings (SSSR count). The van der Waals surface area contributed by atoms with Gasteiger partial charge in [-0.25, -0.2) is 0 Å². The summed E-state index contributed by atoms with van der Waals surface area (Å²) in [6.45, 7) is 9.52. The molecular weight excluding hydrogens is 544 g/mol. The van der Waals surface area contributed by atoms with Crippen LogP contribution < -0.4 is 0 Å². The molecule has 0 N–H and O–H groups in total. The summed E-state index contributed by atoms with van der Waals surface area (Å²) >= 11 is 0. The first kappa shape index (κ1) is 41.6. The van der Waals surface area contributed by atoms with E-state index in [-0.39, 0.29) is 0 Å². The summed E-state index contributed by atoms with van der Waals surface area (Å²) in [6, 6.07) is 0.646. The predicted octanol–water partition coefficient (Wildman–Crippen LogP) is 13.2. The van der Waals surface area contributed by atoms with E-state index in [0.29, 0.717) is 6.04 Å². The lowest BCUT2D eigenvalue weighted by molar-refractivity contribution is 0.222. The van der Waals surface area contributed by atoms with Crippen LogP contribution in [-0.2, 0) is 0 Å². The fourth-order valence-corrected chi connectivity index (χ4v) is 6.29. The number of nitrogens with zero attached hydrogens (tertiary/aromatic N) is 2. The summed E-state index contributed by atoms with van der Waals surface area (Å²) in [5.41, 5.74) is 0. The van der Waals surface area contributed by atoms with E-state index in [0.717, 1.165) is 12.8 Å². The predicted molar refractivity (Wildman–Crippen MR) is 205 cm³/mol. The lowest BCUT2D eigenvalue weighted by Crippen LogP contribution is -2.37. The number of hydrogen-bond acceptors (Lipinski definition) is 2. The van der Waals surface area contributed by atoms with Gasteiger partial charge in [-0.15, -0.1) is 0 Å². The van der Waals surface area contributed by atoms with E-state index < -0.39 is 0 Å². The molecule has 1 aliphatic rings. The first-order valence-electron chi connectivity index (χ1n) is 20.0. The fraction of sp³-hybridized carbons (Fsp3) is 0.767. The highest BCUT2D eigenvalue weighted by Crippen LogP contribution is 2.17. The van der Waals surface area contributed by atoms with Crippen LogP contribution in [0.1, 0.15) is 174 Å². The number of hydrogen-bond donors (Lipinski definition) is 0. The van der Waals surface area contributed by atoms with Crippen LogP contribution in [0.5, 0.6) is 0 Å². The lowest BCUT2D eigenvalue weighted by atomic mass is 10.0. The van der Waals surface area contributed by atoms with Crippen molar-refractivity contribution < 1.29 is 0 Å². The van der Waals surface area contributed by atoms with Gasteiger partial charge in [0, 0.05) is 19.1 Å². The van der Waals surface area contributed by atoms with Crippen molar-refractivity contribution in [1.82, 2.24) is 9.80 Å². The van der Waals surface area contributed by atoms with Gasteiger partial charge in [-0.3, -0.25) is 4.90 Å². The van der Waals surface area contributed by atoms with E-state index in [9.17, 15) is 0 Å². The summed E-state index contributed by atoms with van der Waals surface area (Å²) in [6.07, 6.45) is 57.1. The van der Waals surface area contributed by atoms with Crippen LogP contribution in [0, 0.1) is 0 Å². The summed E-state index contributed by atoms with van der Waals surface area (Å²) < 4.78 is 0. The maximum Gasteiger partial charge on any atom is 0.0278 e. The normalized spacial score (nSPS) is 16.4. The monoisotopic (exact) mass is 623 g/mol. The maximum atomic E-state index is 2.79. The molecular formula is C43H78N2. The molecule has 0 aromatic carbocycles. The van der Waals surface area contributed by atoms with Crippen LogP contribution in [0.25, 0.3) is 0 Å². The van der Waals surface area contributed by atoms with Gasteiger partial charge in [0.1, 0.15) is 0 Å². The van der Waals surface area contributed by atoms with Crippen LogP contribution in [0.4, 0.5) is 0 Å². The average molecular weight is 623 g/mol. The molecule has 45 heavy (non-hydrogen) atoms. The van der Waals surface area contributed by atoms with Crippen LogP contribution in [0.15, 0.2) is 60.8 Å². The Labute approximate surface area is 283 Å². The van der Waals surface area contributed by atoms with E-state index >= 15 is 0 Å². The van der Waals surface area contributed by atoms with Crippen molar-refractivity contribution in [3.05, 3.63) is 60.8 Å². The van der Waals surface area contributed by atoms with E-state index in [1.165, 1.54) is 174 Å². The van der Waals surface area contributed by atoms with E-state index in [1.54, 1.807) is 0 Å². The highest BCUT2D eigenvalue weighted by molar-refractivity contribution is 4.96. The minimum atomic E-state index is 0.646. The van der Waals surface area contributed by atoms with Gasteiger partial charge in [0.25, 0.3) is 0 Å². The van der Waals surface area contributed by atoms with Crippen LogP contribution >= 0.6 is 0 Å². The van der Waals surface area contributed by atoms with Gasteiger partial charge in [0.2, 0.25) is 0 Å². The summed E-state index contributed by atoms with van der Waals surface area (Å²) in [7, 11) is 2.29. The molecule has 1 fully saturated rings. The SMILES string of the molecule is CCCCC/C=C\C/C=C\CCCCCC/C=C/C(CCCCCCCC/C=C\C/C=C\CCCCC)N1CCCN(C)CC1. The van der Waals surface area contributed by atoms with Gasteiger partial charge < -0.3 is 4.90 Å². The summed E-state index contributed by atoms with van der Waals surface area (Å²) in [5.74, 6) is 0. The molecule has 0 aromatic heterocycles. The molecule has 2 heteroatoms. The Morgan fingerprint density at radius 2 is 0.889 bits per heavy atom. The number of likely N-dealkylation sites (N-methyl/N-ethyl adjacent to an activating group) is 1. The zero-order chi connectivity index (χ0) is 32.3. The van der Waals surface area contributed by atoms with Gasteiger partial charge in [-0.05, 0) is 110 Å². The Hall–Kier alpha value is -1.38. The van der Waals surface area contributed by atoms with Crippen LogP contribution in [0.2, 0.25) is 0 Å². The molecule has 1 saturated heterocycles. The van der Waals surface area contributed by atoms with E-state index in [2.05, 4.69) is 91.5 Å². The highest BCUT2D eigenvalue weighted by atomic mass is 15.2. The van der Waals surface area contributed by atoms with Gasteiger partial charge >= 0.3 is 0 Å². The van der Waals surface area contributed by atoms with Gasteiger partial charge in [-0.2, -0.15) is 0 Å². The molecule has 0 spiro atoms. The molecule has 1 unspecified atom stereocenters. The van der Waals surface area contributed by atoms with Gasteiger partial charge in [0.15, 0.2) is 0 Å². The highest BCUT2D eigenvalue weighted by Gasteiger charge is 2.18. The number of allylic oxidation sites excluding steroid dienone is 9. The smallest absolute Gasteiger partial charge is 0.0278 e. The first-order valence-corrected chi connectivity index (χ1v) is 20.0. The Balaban J connectivity index is 2.16. The zero-order valence-corrected chi connectivity index (χ0v) is 30.8. The number of rotatable bonds is 30. The van der Waals surface area contributed by atoms with Crippen molar-refractivity contribution in [2.75, 3.05) is 33.2 Å².